The summed E-state index contributed by atoms with van der Waals surface area (Å²) in [4.78, 5) is 7.98. The maximum absolute atomic E-state index is 9.66. The lowest BCUT2D eigenvalue weighted by Gasteiger charge is -2.23. The van der Waals surface area contributed by atoms with E-state index in [-0.39, 0.29) is 0 Å². The summed E-state index contributed by atoms with van der Waals surface area (Å²) in [7, 11) is 0. The molecule has 3 rings (SSSR count). The molecule has 2 atom stereocenters. The Kier molecular flexibility index (Phi) is 4.76. The molecule has 0 saturated carbocycles. The average molecular weight is 294 g/mol. The van der Waals surface area contributed by atoms with Crippen LogP contribution in [0.5, 0.6) is 0 Å². The minimum absolute atomic E-state index is 0.346. The fraction of sp³-hybridized carbons (Fsp3) is 0.750. The first-order chi connectivity index (χ1) is 9.74. The van der Waals surface area contributed by atoms with Crippen molar-refractivity contribution in [3.05, 3.63) is 21.9 Å². The van der Waals surface area contributed by atoms with E-state index in [1.54, 1.807) is 0 Å². The van der Waals surface area contributed by atoms with Crippen LogP contribution in [-0.4, -0.2) is 54.2 Å². The van der Waals surface area contributed by atoms with Gasteiger partial charge in [-0.1, -0.05) is 0 Å². The van der Waals surface area contributed by atoms with Crippen molar-refractivity contribution in [3.8, 4) is 0 Å². The van der Waals surface area contributed by atoms with Crippen LogP contribution in [0.3, 0.4) is 0 Å². The summed E-state index contributed by atoms with van der Waals surface area (Å²) in [6, 6.07) is 4.46. The van der Waals surface area contributed by atoms with Crippen molar-refractivity contribution < 1.29 is 5.11 Å². The Hall–Kier alpha value is -0.420. The number of hydrogen-bond donors (Lipinski definition) is 1. The second-order valence-electron chi connectivity index (χ2n) is 6.42. The summed E-state index contributed by atoms with van der Waals surface area (Å²) in [6.45, 7) is 9.50. The summed E-state index contributed by atoms with van der Waals surface area (Å²) in [6.07, 6.45) is 2.71. The number of nitrogens with zero attached hydrogens (tertiary/aromatic N) is 2. The minimum atomic E-state index is 0.346. The van der Waals surface area contributed by atoms with Gasteiger partial charge < -0.3 is 10.0 Å². The summed E-state index contributed by atoms with van der Waals surface area (Å²) in [5.74, 6) is 1.12. The predicted octanol–water partition coefficient (Wildman–Crippen LogP) is 2.19. The number of aliphatic hydroxyl groups excluding tert-OH is 1. The van der Waals surface area contributed by atoms with Gasteiger partial charge in [0.15, 0.2) is 0 Å². The number of hydrogen-bond acceptors (Lipinski definition) is 4. The zero-order valence-electron chi connectivity index (χ0n) is 12.4. The second-order valence-corrected chi connectivity index (χ2v) is 7.79. The molecule has 2 saturated heterocycles. The summed E-state index contributed by atoms with van der Waals surface area (Å²) in [5, 5.41) is 9.66. The van der Waals surface area contributed by atoms with E-state index in [2.05, 4.69) is 28.9 Å². The third-order valence-corrected chi connectivity index (χ3v) is 5.74. The molecule has 0 bridgehead atoms. The molecule has 3 nitrogen and oxygen atoms in total. The van der Waals surface area contributed by atoms with Crippen molar-refractivity contribution in [1.82, 2.24) is 9.80 Å². The van der Waals surface area contributed by atoms with Gasteiger partial charge in [0.2, 0.25) is 0 Å². The minimum Gasteiger partial charge on any atom is -0.396 e. The third kappa shape index (κ3) is 3.42. The quantitative estimate of drug-likeness (QED) is 0.902. The Morgan fingerprint density at radius 3 is 2.55 bits per heavy atom. The van der Waals surface area contributed by atoms with E-state index < -0.39 is 0 Å². The SMILES string of the molecule is Cc1ccc(CN2C[C@@H](CN3CCCC3)[C@@H](CO)C2)s1. The average Bonchev–Trinajstić information content (AvgIpc) is 3.13. The molecule has 2 aliphatic heterocycles. The molecule has 3 heterocycles. The molecule has 0 radical (unpaired) electrons. The van der Waals surface area contributed by atoms with E-state index in [1.165, 1.54) is 42.2 Å². The van der Waals surface area contributed by atoms with Crippen LogP contribution in [0.1, 0.15) is 22.6 Å². The fourth-order valence-electron chi connectivity index (χ4n) is 3.67. The molecule has 4 heteroatoms. The molecule has 0 aliphatic carbocycles. The van der Waals surface area contributed by atoms with Gasteiger partial charge in [-0.3, -0.25) is 4.90 Å². The molecule has 0 aromatic carbocycles. The second kappa shape index (κ2) is 6.56. The number of aliphatic hydroxyl groups is 1. The molecule has 0 unspecified atom stereocenters. The highest BCUT2D eigenvalue weighted by Gasteiger charge is 2.33. The smallest absolute Gasteiger partial charge is 0.0475 e. The summed E-state index contributed by atoms with van der Waals surface area (Å²) < 4.78 is 0. The van der Waals surface area contributed by atoms with Gasteiger partial charge in [-0.15, -0.1) is 11.3 Å². The molecule has 20 heavy (non-hydrogen) atoms. The van der Waals surface area contributed by atoms with E-state index in [9.17, 15) is 5.11 Å². The summed E-state index contributed by atoms with van der Waals surface area (Å²) in [5.41, 5.74) is 0. The predicted molar refractivity (Wildman–Crippen MR) is 84.1 cm³/mol. The lowest BCUT2D eigenvalue weighted by Crippen LogP contribution is -2.31. The maximum atomic E-state index is 9.66. The van der Waals surface area contributed by atoms with Gasteiger partial charge in [0.25, 0.3) is 0 Å². The molecule has 0 amide bonds. The van der Waals surface area contributed by atoms with Crippen LogP contribution >= 0.6 is 11.3 Å². The highest BCUT2D eigenvalue weighted by atomic mass is 32.1. The van der Waals surface area contributed by atoms with Gasteiger partial charge in [0.1, 0.15) is 0 Å². The van der Waals surface area contributed by atoms with E-state index in [0.29, 0.717) is 18.4 Å². The Balaban J connectivity index is 1.55. The largest absolute Gasteiger partial charge is 0.396 e. The molecular formula is C16H26N2OS. The Bertz CT molecular complexity index is 428. The van der Waals surface area contributed by atoms with Gasteiger partial charge in [0, 0.05) is 42.5 Å². The topological polar surface area (TPSA) is 26.7 Å². The zero-order chi connectivity index (χ0) is 13.9. The Morgan fingerprint density at radius 1 is 1.15 bits per heavy atom. The fourth-order valence-corrected chi connectivity index (χ4v) is 4.60. The van der Waals surface area contributed by atoms with E-state index in [1.807, 2.05) is 11.3 Å². The van der Waals surface area contributed by atoms with Gasteiger partial charge >= 0.3 is 0 Å². The van der Waals surface area contributed by atoms with Gasteiger partial charge in [0.05, 0.1) is 0 Å². The van der Waals surface area contributed by atoms with E-state index in [0.717, 1.165) is 19.6 Å². The van der Waals surface area contributed by atoms with E-state index >= 15 is 0 Å². The Morgan fingerprint density at radius 2 is 1.90 bits per heavy atom. The van der Waals surface area contributed by atoms with Crippen molar-refractivity contribution in [3.63, 3.8) is 0 Å². The molecule has 2 fully saturated rings. The van der Waals surface area contributed by atoms with Crippen molar-refractivity contribution in [2.45, 2.75) is 26.3 Å². The molecule has 1 aromatic heterocycles. The molecule has 1 aromatic rings. The van der Waals surface area contributed by atoms with E-state index in [4.69, 9.17) is 0 Å². The first-order valence-electron chi connectivity index (χ1n) is 7.85. The standard InChI is InChI=1S/C16H26N2OS/c1-13-4-5-16(20-13)11-18-9-14(15(10-18)12-19)8-17-6-2-3-7-17/h4-5,14-15,19H,2-3,6-12H2,1H3/t14-,15-/m1/s1. The summed E-state index contributed by atoms with van der Waals surface area (Å²) >= 11 is 1.90. The molecule has 0 spiro atoms. The first-order valence-corrected chi connectivity index (χ1v) is 8.67. The van der Waals surface area contributed by atoms with Crippen molar-refractivity contribution >= 4 is 11.3 Å². The van der Waals surface area contributed by atoms with Crippen LogP contribution in [-0.2, 0) is 6.54 Å². The maximum Gasteiger partial charge on any atom is 0.0475 e. The number of likely N-dealkylation sites (tertiary alicyclic amines) is 2. The molecule has 1 N–H and O–H groups in total. The van der Waals surface area contributed by atoms with Gasteiger partial charge in [-0.05, 0) is 56.8 Å². The van der Waals surface area contributed by atoms with Crippen LogP contribution in [0.4, 0.5) is 0 Å². The van der Waals surface area contributed by atoms with Crippen molar-refractivity contribution in [2.75, 3.05) is 39.3 Å². The third-order valence-electron chi connectivity index (χ3n) is 4.75. The van der Waals surface area contributed by atoms with Crippen LogP contribution in [0.15, 0.2) is 12.1 Å². The molecule has 2 aliphatic rings. The van der Waals surface area contributed by atoms with Gasteiger partial charge in [-0.25, -0.2) is 0 Å². The van der Waals surface area contributed by atoms with Crippen molar-refractivity contribution in [1.29, 1.82) is 0 Å². The van der Waals surface area contributed by atoms with Gasteiger partial charge in [-0.2, -0.15) is 0 Å². The lowest BCUT2D eigenvalue weighted by atomic mass is 9.96. The highest BCUT2D eigenvalue weighted by Crippen LogP contribution is 2.28. The lowest BCUT2D eigenvalue weighted by molar-refractivity contribution is 0.175. The van der Waals surface area contributed by atoms with Crippen LogP contribution in [0.2, 0.25) is 0 Å². The van der Waals surface area contributed by atoms with Crippen LogP contribution in [0, 0.1) is 18.8 Å². The normalized spacial score (nSPS) is 28.5. The van der Waals surface area contributed by atoms with Crippen molar-refractivity contribution in [2.24, 2.45) is 11.8 Å². The number of rotatable bonds is 5. The highest BCUT2D eigenvalue weighted by molar-refractivity contribution is 7.11. The first kappa shape index (κ1) is 14.5. The monoisotopic (exact) mass is 294 g/mol. The molecule has 112 valence electrons. The number of thiophene rings is 1. The van der Waals surface area contributed by atoms with Crippen LogP contribution in [0.25, 0.3) is 0 Å². The Labute approximate surface area is 126 Å². The molecular weight excluding hydrogens is 268 g/mol. The van der Waals surface area contributed by atoms with Crippen LogP contribution < -0.4 is 0 Å². The number of aryl methyl sites for hydroxylation is 1. The zero-order valence-corrected chi connectivity index (χ0v) is 13.2.